The van der Waals surface area contributed by atoms with Crippen molar-refractivity contribution in [1.82, 2.24) is 4.98 Å². The van der Waals surface area contributed by atoms with E-state index in [9.17, 15) is 18.1 Å². The predicted molar refractivity (Wildman–Crippen MR) is 111 cm³/mol. The summed E-state index contributed by atoms with van der Waals surface area (Å²) in [5.74, 6) is 0.0580. The second-order valence-corrected chi connectivity index (χ2v) is 7.97. The molecule has 0 amide bonds. The number of rotatable bonds is 5. The van der Waals surface area contributed by atoms with Crippen molar-refractivity contribution in [1.29, 1.82) is 5.26 Å². The summed E-state index contributed by atoms with van der Waals surface area (Å²) >= 11 is 5.92. The van der Waals surface area contributed by atoms with Gasteiger partial charge in [-0.05, 0) is 61.0 Å². The van der Waals surface area contributed by atoms with Crippen LogP contribution in [0.5, 0.6) is 11.5 Å². The number of halogens is 2. The molecule has 0 saturated carbocycles. The van der Waals surface area contributed by atoms with Gasteiger partial charge in [-0.1, -0.05) is 11.6 Å². The molecule has 8 nitrogen and oxygen atoms in total. The molecule has 31 heavy (non-hydrogen) atoms. The van der Waals surface area contributed by atoms with E-state index in [1.54, 1.807) is 25.1 Å². The zero-order valence-corrected chi connectivity index (χ0v) is 17.5. The lowest BCUT2D eigenvalue weighted by molar-refractivity contribution is -0.122. The Morgan fingerprint density at radius 3 is 2.45 bits per heavy atom. The van der Waals surface area contributed by atoms with Crippen LogP contribution < -0.4 is 9.46 Å². The summed E-state index contributed by atoms with van der Waals surface area (Å²) in [5.41, 5.74) is 0.793. The van der Waals surface area contributed by atoms with Crippen LogP contribution in [-0.2, 0) is 14.8 Å². The average molecular weight is 464 g/mol. The smallest absolute Gasteiger partial charge is 0.290 e. The van der Waals surface area contributed by atoms with Gasteiger partial charge in [0, 0.05) is 5.02 Å². The third-order valence-corrected chi connectivity index (χ3v) is 5.29. The van der Waals surface area contributed by atoms with Crippen molar-refractivity contribution in [3.63, 3.8) is 0 Å². The molecule has 1 heterocycles. The number of ether oxygens (including phenoxy) is 1. The number of aromatic nitrogens is 1. The van der Waals surface area contributed by atoms with E-state index >= 15 is 0 Å². The summed E-state index contributed by atoms with van der Waals surface area (Å²) in [7, 11) is -4.02. The van der Waals surface area contributed by atoms with E-state index < -0.39 is 15.8 Å². The molecule has 2 N–H and O–H groups in total. The predicted octanol–water partition coefficient (Wildman–Crippen LogP) is 4.35. The van der Waals surface area contributed by atoms with Crippen LogP contribution in [0.1, 0.15) is 11.1 Å². The molecule has 0 saturated heterocycles. The fourth-order valence-corrected chi connectivity index (χ4v) is 3.59. The van der Waals surface area contributed by atoms with E-state index in [1.165, 1.54) is 24.3 Å². The Morgan fingerprint density at radius 1 is 1.19 bits per heavy atom. The Kier molecular flexibility index (Phi) is 7.90. The minimum absolute atomic E-state index is 0.0318. The first-order chi connectivity index (χ1) is 14.7. The third-order valence-electron chi connectivity index (χ3n) is 3.70. The summed E-state index contributed by atoms with van der Waals surface area (Å²) in [5, 5.41) is 16.8. The molecule has 0 aliphatic rings. The summed E-state index contributed by atoms with van der Waals surface area (Å²) in [6.45, 7) is 1.55. The zero-order chi connectivity index (χ0) is 23.0. The Hall–Kier alpha value is -3.68. The van der Waals surface area contributed by atoms with Gasteiger partial charge >= 0.3 is 0 Å². The fourth-order valence-electron chi connectivity index (χ4n) is 2.33. The van der Waals surface area contributed by atoms with Crippen molar-refractivity contribution >= 4 is 33.9 Å². The number of hydrogen-bond donors (Lipinski definition) is 2. The Labute approximate surface area is 182 Å². The largest absolute Gasteiger partial charge is 0.483 e. The fraction of sp³-hybridized carbons (Fsp3) is 0.0500. The topological polar surface area (TPSA) is 129 Å². The van der Waals surface area contributed by atoms with Crippen LogP contribution in [0, 0.1) is 24.1 Å². The molecule has 0 atom stereocenters. The number of nitrogens with zero attached hydrogens (tertiary/aromatic N) is 2. The second-order valence-electron chi connectivity index (χ2n) is 5.85. The van der Waals surface area contributed by atoms with Gasteiger partial charge in [-0.15, -0.1) is 0 Å². The van der Waals surface area contributed by atoms with E-state index in [4.69, 9.17) is 26.2 Å². The molecule has 3 aromatic rings. The van der Waals surface area contributed by atoms with Crippen LogP contribution in [0.25, 0.3) is 0 Å². The number of benzene rings is 2. The first kappa shape index (κ1) is 23.6. The van der Waals surface area contributed by atoms with Gasteiger partial charge in [0.15, 0.2) is 0 Å². The maximum atomic E-state index is 12.9. The van der Waals surface area contributed by atoms with Crippen molar-refractivity contribution in [2.24, 2.45) is 0 Å². The summed E-state index contributed by atoms with van der Waals surface area (Å²) < 4.78 is 45.9. The SMILES string of the molecule is Cc1cc(Cl)ccc1Oc1ccc(S(=O)(=O)Nc2ccc(F)cn2)cc1C#N.O=CO. The van der Waals surface area contributed by atoms with E-state index in [0.29, 0.717) is 10.8 Å². The van der Waals surface area contributed by atoms with Gasteiger partial charge in [0.25, 0.3) is 16.5 Å². The molecule has 3 rings (SSSR count). The molecule has 0 bridgehead atoms. The molecule has 0 unspecified atom stereocenters. The molecule has 0 radical (unpaired) electrons. The van der Waals surface area contributed by atoms with Crippen molar-refractivity contribution < 1.29 is 27.4 Å². The van der Waals surface area contributed by atoms with Gasteiger partial charge in [0.1, 0.15) is 29.2 Å². The normalized spacial score (nSPS) is 10.3. The Balaban J connectivity index is 0.00000107. The highest BCUT2D eigenvalue weighted by molar-refractivity contribution is 7.92. The molecule has 0 aliphatic carbocycles. The number of carboxylic acid groups (broad SMARTS) is 1. The van der Waals surface area contributed by atoms with E-state index in [1.807, 2.05) is 6.07 Å². The van der Waals surface area contributed by atoms with Crippen molar-refractivity contribution in [2.75, 3.05) is 4.72 Å². The van der Waals surface area contributed by atoms with Crippen LogP contribution >= 0.6 is 11.6 Å². The highest BCUT2D eigenvalue weighted by Crippen LogP contribution is 2.31. The molecule has 0 fully saturated rings. The summed E-state index contributed by atoms with van der Waals surface area (Å²) in [6, 6.07) is 13.1. The van der Waals surface area contributed by atoms with Crippen molar-refractivity contribution in [3.05, 3.63) is 76.7 Å². The number of hydrogen-bond acceptors (Lipinski definition) is 6. The Morgan fingerprint density at radius 2 is 1.87 bits per heavy atom. The summed E-state index contributed by atoms with van der Waals surface area (Å²) in [4.78, 5) is 11.9. The van der Waals surface area contributed by atoms with Gasteiger partial charge in [-0.25, -0.2) is 17.8 Å². The van der Waals surface area contributed by atoms with Crippen LogP contribution in [0.3, 0.4) is 0 Å². The lowest BCUT2D eigenvalue weighted by Crippen LogP contribution is -2.14. The molecule has 1 aromatic heterocycles. The third kappa shape index (κ3) is 6.40. The maximum absolute atomic E-state index is 12.9. The Bertz CT molecular complexity index is 1230. The number of aryl methyl sites for hydroxylation is 1. The molecule has 0 aliphatic heterocycles. The first-order valence-corrected chi connectivity index (χ1v) is 10.3. The van der Waals surface area contributed by atoms with Crippen LogP contribution in [0.4, 0.5) is 10.2 Å². The monoisotopic (exact) mass is 463 g/mol. The number of carbonyl (C=O) groups is 1. The van der Waals surface area contributed by atoms with E-state index in [0.717, 1.165) is 17.8 Å². The number of nitrogens with one attached hydrogen (secondary N) is 1. The lowest BCUT2D eigenvalue weighted by Gasteiger charge is -2.12. The minimum atomic E-state index is -4.02. The maximum Gasteiger partial charge on any atom is 0.290 e. The zero-order valence-electron chi connectivity index (χ0n) is 15.9. The minimum Gasteiger partial charge on any atom is -0.483 e. The van der Waals surface area contributed by atoms with Crippen LogP contribution in [0.2, 0.25) is 5.02 Å². The molecular weight excluding hydrogens is 449 g/mol. The number of sulfonamides is 1. The van der Waals surface area contributed by atoms with Crippen molar-refractivity contribution in [3.8, 4) is 17.6 Å². The highest BCUT2D eigenvalue weighted by atomic mass is 35.5. The molecule has 160 valence electrons. The quantitative estimate of drug-likeness (QED) is 0.538. The van der Waals surface area contributed by atoms with Gasteiger partial charge in [-0.2, -0.15) is 5.26 Å². The van der Waals surface area contributed by atoms with E-state index in [-0.39, 0.29) is 28.5 Å². The van der Waals surface area contributed by atoms with Crippen LogP contribution in [-0.4, -0.2) is 25.0 Å². The highest BCUT2D eigenvalue weighted by Gasteiger charge is 2.18. The standard InChI is InChI=1S/C19H13ClFN3O3S.CH2O2/c1-12-8-14(20)2-5-17(12)27-18-6-4-16(9-13(18)10-22)28(25,26)24-19-7-3-15(21)11-23-19;2-1-3/h2-9,11H,1H3,(H,23,24);1H,(H,2,3). The summed E-state index contributed by atoms with van der Waals surface area (Å²) in [6.07, 6.45) is 0.893. The van der Waals surface area contributed by atoms with E-state index in [2.05, 4.69) is 9.71 Å². The first-order valence-electron chi connectivity index (χ1n) is 8.40. The molecule has 2 aromatic carbocycles. The van der Waals surface area contributed by atoms with Gasteiger partial charge in [0.2, 0.25) is 0 Å². The second kappa shape index (κ2) is 10.4. The number of anilines is 1. The average Bonchev–Trinajstić information content (AvgIpc) is 2.72. The van der Waals surface area contributed by atoms with Crippen LogP contribution in [0.15, 0.2) is 59.6 Å². The number of nitriles is 1. The molecular formula is C20H15ClFN3O5S. The molecule has 11 heteroatoms. The van der Waals surface area contributed by atoms with Crippen molar-refractivity contribution in [2.45, 2.75) is 11.8 Å². The van der Waals surface area contributed by atoms with Gasteiger partial charge in [0.05, 0.1) is 16.7 Å². The van der Waals surface area contributed by atoms with Gasteiger partial charge in [-0.3, -0.25) is 9.52 Å². The molecule has 0 spiro atoms. The lowest BCUT2D eigenvalue weighted by atomic mass is 10.2. The number of pyridine rings is 1. The van der Waals surface area contributed by atoms with Gasteiger partial charge < -0.3 is 9.84 Å².